The van der Waals surface area contributed by atoms with Crippen molar-refractivity contribution < 1.29 is 14.6 Å². The molecular weight excluding hydrogens is 182 g/mol. The molecule has 82 valence electrons. The average molecular weight is 201 g/mol. The van der Waals surface area contributed by atoms with Crippen molar-refractivity contribution >= 4 is 5.97 Å². The number of hydrogen-bond acceptors (Lipinski definition) is 4. The fraction of sp³-hybridized carbons (Fsp3) is 0.900. The number of likely N-dealkylation sites (tertiary alicyclic amines) is 1. The van der Waals surface area contributed by atoms with Crippen molar-refractivity contribution in [3.05, 3.63) is 0 Å². The standard InChI is InChI=1S/C10H19NO3/c1-4-10(13)6-11(7-10)8(2)5-9(12)14-3/h8,13H,4-7H2,1-3H3. The number of carbonyl (C=O) groups excluding carboxylic acids is 1. The van der Waals surface area contributed by atoms with Gasteiger partial charge in [0.1, 0.15) is 0 Å². The molecule has 14 heavy (non-hydrogen) atoms. The normalized spacial score (nSPS) is 22.6. The van der Waals surface area contributed by atoms with E-state index in [1.165, 1.54) is 7.11 Å². The van der Waals surface area contributed by atoms with E-state index in [9.17, 15) is 9.90 Å². The van der Waals surface area contributed by atoms with Gasteiger partial charge in [-0.2, -0.15) is 0 Å². The maximum Gasteiger partial charge on any atom is 0.307 e. The third-order valence-corrected chi connectivity index (χ3v) is 2.97. The molecule has 4 nitrogen and oxygen atoms in total. The van der Waals surface area contributed by atoms with Crippen molar-refractivity contribution in [3.63, 3.8) is 0 Å². The van der Waals surface area contributed by atoms with Crippen molar-refractivity contribution in [2.24, 2.45) is 0 Å². The molecule has 0 aliphatic carbocycles. The smallest absolute Gasteiger partial charge is 0.307 e. The van der Waals surface area contributed by atoms with Crippen molar-refractivity contribution in [1.29, 1.82) is 0 Å². The van der Waals surface area contributed by atoms with E-state index >= 15 is 0 Å². The van der Waals surface area contributed by atoms with Crippen LogP contribution in [0, 0.1) is 0 Å². The fourth-order valence-corrected chi connectivity index (χ4v) is 1.70. The van der Waals surface area contributed by atoms with Gasteiger partial charge < -0.3 is 9.84 Å². The Morgan fingerprint density at radius 2 is 2.21 bits per heavy atom. The number of nitrogens with zero attached hydrogens (tertiary/aromatic N) is 1. The molecule has 0 bridgehead atoms. The van der Waals surface area contributed by atoms with Gasteiger partial charge in [-0.1, -0.05) is 6.92 Å². The van der Waals surface area contributed by atoms with E-state index in [-0.39, 0.29) is 12.0 Å². The fourth-order valence-electron chi connectivity index (χ4n) is 1.70. The minimum atomic E-state index is -0.523. The molecule has 0 aromatic rings. The van der Waals surface area contributed by atoms with E-state index in [0.29, 0.717) is 19.5 Å². The van der Waals surface area contributed by atoms with Gasteiger partial charge in [0.2, 0.25) is 0 Å². The topological polar surface area (TPSA) is 49.8 Å². The van der Waals surface area contributed by atoms with Gasteiger partial charge in [0.25, 0.3) is 0 Å². The second kappa shape index (κ2) is 4.28. The summed E-state index contributed by atoms with van der Waals surface area (Å²) in [6.45, 7) is 5.29. The SMILES string of the molecule is CCC1(O)CN(C(C)CC(=O)OC)C1. The third kappa shape index (κ3) is 2.45. The van der Waals surface area contributed by atoms with Gasteiger partial charge in [-0.3, -0.25) is 9.69 Å². The zero-order chi connectivity index (χ0) is 10.8. The van der Waals surface area contributed by atoms with Crippen LogP contribution in [-0.4, -0.2) is 47.8 Å². The van der Waals surface area contributed by atoms with E-state index in [0.717, 1.165) is 6.42 Å². The van der Waals surface area contributed by atoms with E-state index in [4.69, 9.17) is 0 Å². The Morgan fingerprint density at radius 1 is 1.64 bits per heavy atom. The summed E-state index contributed by atoms with van der Waals surface area (Å²) in [6.07, 6.45) is 1.17. The monoisotopic (exact) mass is 201 g/mol. The predicted molar refractivity (Wildman–Crippen MR) is 52.9 cm³/mol. The maximum absolute atomic E-state index is 11.0. The second-order valence-electron chi connectivity index (χ2n) is 4.11. The number of hydrogen-bond donors (Lipinski definition) is 1. The quantitative estimate of drug-likeness (QED) is 0.669. The Bertz CT molecular complexity index is 211. The number of methoxy groups -OCH3 is 1. The molecule has 0 amide bonds. The van der Waals surface area contributed by atoms with Crippen molar-refractivity contribution in [3.8, 4) is 0 Å². The van der Waals surface area contributed by atoms with E-state index in [2.05, 4.69) is 9.64 Å². The minimum absolute atomic E-state index is 0.161. The van der Waals surface area contributed by atoms with Crippen LogP contribution in [0.5, 0.6) is 0 Å². The van der Waals surface area contributed by atoms with Crippen LogP contribution in [0.2, 0.25) is 0 Å². The summed E-state index contributed by atoms with van der Waals surface area (Å²) < 4.78 is 4.59. The van der Waals surface area contributed by atoms with Crippen molar-refractivity contribution in [1.82, 2.24) is 4.90 Å². The summed E-state index contributed by atoms with van der Waals surface area (Å²) in [6, 6.07) is 0.161. The summed E-state index contributed by atoms with van der Waals surface area (Å²) in [5.74, 6) is -0.190. The average Bonchev–Trinajstić information content (AvgIpc) is 2.12. The summed E-state index contributed by atoms with van der Waals surface area (Å²) in [5, 5.41) is 9.77. The summed E-state index contributed by atoms with van der Waals surface area (Å²) in [5.41, 5.74) is -0.523. The van der Waals surface area contributed by atoms with Crippen LogP contribution in [0.3, 0.4) is 0 Å². The highest BCUT2D eigenvalue weighted by molar-refractivity contribution is 5.69. The summed E-state index contributed by atoms with van der Waals surface area (Å²) >= 11 is 0. The molecule has 1 saturated heterocycles. The molecule has 1 fully saturated rings. The molecular formula is C10H19NO3. The summed E-state index contributed by atoms with van der Waals surface area (Å²) in [7, 11) is 1.40. The molecule has 1 unspecified atom stereocenters. The van der Waals surface area contributed by atoms with Crippen LogP contribution in [0.15, 0.2) is 0 Å². The van der Waals surface area contributed by atoms with E-state index < -0.39 is 5.60 Å². The molecule has 1 aliphatic heterocycles. The van der Waals surface area contributed by atoms with E-state index in [1.54, 1.807) is 0 Å². The van der Waals surface area contributed by atoms with Crippen LogP contribution in [0.1, 0.15) is 26.7 Å². The maximum atomic E-state index is 11.0. The number of ether oxygens (including phenoxy) is 1. The number of rotatable bonds is 4. The molecule has 4 heteroatoms. The molecule has 1 atom stereocenters. The predicted octanol–water partition coefficient (Wildman–Crippen LogP) is 0.395. The molecule has 1 aliphatic rings. The first kappa shape index (κ1) is 11.5. The van der Waals surface area contributed by atoms with Crippen molar-refractivity contribution in [2.75, 3.05) is 20.2 Å². The first-order valence-electron chi connectivity index (χ1n) is 5.04. The summed E-state index contributed by atoms with van der Waals surface area (Å²) in [4.78, 5) is 13.1. The number of aliphatic hydroxyl groups is 1. The van der Waals surface area contributed by atoms with Crippen LogP contribution in [0.4, 0.5) is 0 Å². The van der Waals surface area contributed by atoms with Gasteiger partial charge in [-0.15, -0.1) is 0 Å². The Hall–Kier alpha value is -0.610. The number of esters is 1. The van der Waals surface area contributed by atoms with Gasteiger partial charge in [-0.05, 0) is 13.3 Å². The molecule has 0 aromatic heterocycles. The third-order valence-electron chi connectivity index (χ3n) is 2.97. The lowest BCUT2D eigenvalue weighted by Gasteiger charge is -2.49. The van der Waals surface area contributed by atoms with Gasteiger partial charge >= 0.3 is 5.97 Å². The lowest BCUT2D eigenvalue weighted by molar-refractivity contribution is -0.147. The zero-order valence-electron chi connectivity index (χ0n) is 9.12. The number of carbonyl (C=O) groups is 1. The highest BCUT2D eigenvalue weighted by Gasteiger charge is 2.41. The van der Waals surface area contributed by atoms with Gasteiger partial charge in [-0.25, -0.2) is 0 Å². The molecule has 0 aromatic carbocycles. The van der Waals surface area contributed by atoms with Crippen LogP contribution in [0.25, 0.3) is 0 Å². The second-order valence-corrected chi connectivity index (χ2v) is 4.11. The van der Waals surface area contributed by atoms with Gasteiger partial charge in [0.15, 0.2) is 0 Å². The van der Waals surface area contributed by atoms with Crippen LogP contribution in [-0.2, 0) is 9.53 Å². The lowest BCUT2D eigenvalue weighted by atomic mass is 9.89. The minimum Gasteiger partial charge on any atom is -0.469 e. The Labute approximate surface area is 84.8 Å². The largest absolute Gasteiger partial charge is 0.469 e. The Balaban J connectivity index is 2.29. The van der Waals surface area contributed by atoms with E-state index in [1.807, 2.05) is 13.8 Å². The van der Waals surface area contributed by atoms with Crippen molar-refractivity contribution in [2.45, 2.75) is 38.3 Å². The molecule has 1 rings (SSSR count). The highest BCUT2D eigenvalue weighted by atomic mass is 16.5. The lowest BCUT2D eigenvalue weighted by Crippen LogP contribution is -2.64. The molecule has 0 spiro atoms. The van der Waals surface area contributed by atoms with Crippen LogP contribution >= 0.6 is 0 Å². The first-order chi connectivity index (χ1) is 6.50. The first-order valence-corrected chi connectivity index (χ1v) is 5.04. The number of β-amino-alcohol motifs (C(OH)–C–C–N with tert-alkyl or cyclic N) is 1. The molecule has 0 saturated carbocycles. The zero-order valence-corrected chi connectivity index (χ0v) is 9.12. The van der Waals surface area contributed by atoms with Gasteiger partial charge in [0.05, 0.1) is 19.1 Å². The molecule has 1 heterocycles. The van der Waals surface area contributed by atoms with Gasteiger partial charge in [0, 0.05) is 19.1 Å². The molecule has 1 N–H and O–H groups in total. The Kier molecular flexibility index (Phi) is 3.50. The highest BCUT2D eigenvalue weighted by Crippen LogP contribution is 2.26. The molecule has 0 radical (unpaired) electrons. The van der Waals surface area contributed by atoms with Crippen LogP contribution < -0.4 is 0 Å². The Morgan fingerprint density at radius 3 is 2.64 bits per heavy atom.